The number of hydrogen-bond acceptors (Lipinski definition) is 6. The molecule has 3 atom stereocenters. The topological polar surface area (TPSA) is 113 Å². The molecule has 0 aromatic heterocycles. The number of carbonyl (C=O) groups excluding carboxylic acids is 3. The van der Waals surface area contributed by atoms with Crippen molar-refractivity contribution in [2.45, 2.75) is 29.4 Å². The molecule has 0 spiro atoms. The quantitative estimate of drug-likeness (QED) is 0.416. The van der Waals surface area contributed by atoms with Crippen molar-refractivity contribution in [3.63, 3.8) is 0 Å². The Morgan fingerprint density at radius 1 is 1.09 bits per heavy atom. The summed E-state index contributed by atoms with van der Waals surface area (Å²) in [6.07, 6.45) is 4.37. The van der Waals surface area contributed by atoms with Gasteiger partial charge in [0.25, 0.3) is 0 Å². The second-order valence-corrected chi connectivity index (χ2v) is 9.89. The summed E-state index contributed by atoms with van der Waals surface area (Å²) in [5, 5.41) is 11.9. The number of allylic oxidation sites excluding steroid dienone is 2. The molecule has 2 aliphatic rings. The first-order chi connectivity index (χ1) is 16.8. The molecule has 8 nitrogen and oxygen atoms in total. The number of ether oxygens (including phenoxy) is 1. The molecular weight excluding hydrogens is 492 g/mol. The van der Waals surface area contributed by atoms with Crippen LogP contribution in [0.2, 0.25) is 5.02 Å². The Balaban J connectivity index is 1.40. The number of hydrogen-bond donors (Lipinski definition) is 2. The summed E-state index contributed by atoms with van der Waals surface area (Å²) in [6, 6.07) is 11.6. The van der Waals surface area contributed by atoms with Gasteiger partial charge in [-0.3, -0.25) is 19.2 Å². The first-order valence-electron chi connectivity index (χ1n) is 10.9. The predicted molar refractivity (Wildman–Crippen MR) is 133 cm³/mol. The molecular formula is C25H23ClN2O6S. The molecule has 1 heterocycles. The van der Waals surface area contributed by atoms with Crippen LogP contribution in [0.25, 0.3) is 0 Å². The van der Waals surface area contributed by atoms with Crippen LogP contribution in [-0.2, 0) is 19.2 Å². The zero-order chi connectivity index (χ0) is 25.1. The molecule has 0 radical (unpaired) electrons. The number of carboxylic acid groups (broad SMARTS) is 1. The van der Waals surface area contributed by atoms with Gasteiger partial charge >= 0.3 is 5.97 Å². The number of carboxylic acids is 1. The Hall–Kier alpha value is -3.30. The van der Waals surface area contributed by atoms with Gasteiger partial charge in [-0.1, -0.05) is 23.8 Å². The molecule has 2 aromatic rings. The van der Waals surface area contributed by atoms with E-state index in [9.17, 15) is 24.3 Å². The number of halogens is 1. The number of benzene rings is 2. The summed E-state index contributed by atoms with van der Waals surface area (Å²) in [5.74, 6) is -2.90. The van der Waals surface area contributed by atoms with Crippen LogP contribution in [0.1, 0.15) is 19.3 Å². The van der Waals surface area contributed by atoms with Crippen LogP contribution >= 0.6 is 23.4 Å². The lowest BCUT2D eigenvalue weighted by atomic mass is 9.82. The van der Waals surface area contributed by atoms with E-state index >= 15 is 0 Å². The van der Waals surface area contributed by atoms with Crippen LogP contribution in [0.15, 0.2) is 59.5 Å². The Bertz CT molecular complexity index is 1200. The molecule has 3 amide bonds. The van der Waals surface area contributed by atoms with E-state index in [2.05, 4.69) is 5.32 Å². The third-order valence-corrected chi connectivity index (χ3v) is 7.48. The SMILES string of the molecule is COc1ccc(N2C(=O)C[C@@H](Sc3ccc(NC(=O)[C@@H]4CC=CC[C@@H]4C(=O)O)cc3)C2=O)cc1Cl. The van der Waals surface area contributed by atoms with Gasteiger partial charge in [-0.05, 0) is 55.3 Å². The van der Waals surface area contributed by atoms with Crippen molar-refractivity contribution in [2.24, 2.45) is 11.8 Å². The maximum atomic E-state index is 13.0. The van der Waals surface area contributed by atoms with Crippen LogP contribution in [0.3, 0.4) is 0 Å². The molecule has 182 valence electrons. The molecule has 10 heteroatoms. The van der Waals surface area contributed by atoms with E-state index in [-0.39, 0.29) is 24.1 Å². The molecule has 4 rings (SSSR count). The first kappa shape index (κ1) is 24.8. The van der Waals surface area contributed by atoms with Gasteiger partial charge in [0.2, 0.25) is 17.7 Å². The summed E-state index contributed by atoms with van der Waals surface area (Å²) in [5.41, 5.74) is 0.922. The Morgan fingerprint density at radius 2 is 1.77 bits per heavy atom. The summed E-state index contributed by atoms with van der Waals surface area (Å²) < 4.78 is 5.12. The first-order valence-corrected chi connectivity index (χ1v) is 12.2. The van der Waals surface area contributed by atoms with Crippen molar-refractivity contribution in [3.8, 4) is 5.75 Å². The molecule has 0 saturated carbocycles. The van der Waals surface area contributed by atoms with Crippen molar-refractivity contribution in [3.05, 3.63) is 59.6 Å². The van der Waals surface area contributed by atoms with Gasteiger partial charge in [-0.25, -0.2) is 4.90 Å². The van der Waals surface area contributed by atoms with E-state index in [1.807, 2.05) is 6.08 Å². The lowest BCUT2D eigenvalue weighted by Crippen LogP contribution is -2.34. The van der Waals surface area contributed by atoms with Gasteiger partial charge in [0, 0.05) is 17.0 Å². The van der Waals surface area contributed by atoms with Gasteiger partial charge in [-0.15, -0.1) is 11.8 Å². The zero-order valence-electron chi connectivity index (χ0n) is 18.8. The molecule has 1 fully saturated rings. The van der Waals surface area contributed by atoms with E-state index in [1.165, 1.54) is 24.9 Å². The lowest BCUT2D eigenvalue weighted by Gasteiger charge is -2.24. The number of amides is 3. The highest BCUT2D eigenvalue weighted by Gasteiger charge is 2.40. The van der Waals surface area contributed by atoms with Gasteiger partial charge in [0.1, 0.15) is 5.75 Å². The number of nitrogens with zero attached hydrogens (tertiary/aromatic N) is 1. The Kier molecular flexibility index (Phi) is 7.47. The molecule has 2 N–H and O–H groups in total. The summed E-state index contributed by atoms with van der Waals surface area (Å²) in [6.45, 7) is 0. The fourth-order valence-electron chi connectivity index (χ4n) is 4.15. The summed E-state index contributed by atoms with van der Waals surface area (Å²) >= 11 is 7.42. The van der Waals surface area contributed by atoms with Crippen molar-refractivity contribution in [1.82, 2.24) is 0 Å². The van der Waals surface area contributed by atoms with E-state index < -0.39 is 23.1 Å². The van der Waals surface area contributed by atoms with E-state index in [0.717, 1.165) is 9.80 Å². The fourth-order valence-corrected chi connectivity index (χ4v) is 5.46. The predicted octanol–water partition coefficient (Wildman–Crippen LogP) is 4.38. The maximum Gasteiger partial charge on any atom is 0.307 e. The van der Waals surface area contributed by atoms with Crippen molar-refractivity contribution >= 4 is 58.4 Å². The smallest absolute Gasteiger partial charge is 0.307 e. The monoisotopic (exact) mass is 514 g/mol. The van der Waals surface area contributed by atoms with E-state index in [1.54, 1.807) is 42.5 Å². The summed E-state index contributed by atoms with van der Waals surface area (Å²) in [4.78, 5) is 51.5. The van der Waals surface area contributed by atoms with Crippen LogP contribution in [0.5, 0.6) is 5.75 Å². The highest BCUT2D eigenvalue weighted by atomic mass is 35.5. The fraction of sp³-hybridized carbons (Fsp3) is 0.280. The standard InChI is InChI=1S/C25H23ClN2O6S/c1-34-20-11-8-15(12-19(20)26)28-22(29)13-21(24(28)31)35-16-9-6-14(7-10-16)27-23(30)17-4-2-3-5-18(17)25(32)33/h2-3,6-12,17-18,21H,4-5,13H2,1H3,(H,27,30)(H,32,33)/t17-,18+,21-/m1/s1. The molecule has 0 bridgehead atoms. The number of rotatable bonds is 7. The molecule has 0 unspecified atom stereocenters. The average molecular weight is 515 g/mol. The largest absolute Gasteiger partial charge is 0.495 e. The number of carbonyl (C=O) groups is 4. The van der Waals surface area contributed by atoms with Crippen LogP contribution in [0, 0.1) is 11.8 Å². The van der Waals surface area contributed by atoms with Crippen LogP contribution in [0.4, 0.5) is 11.4 Å². The van der Waals surface area contributed by atoms with E-state index in [0.29, 0.717) is 35.0 Å². The Labute approximate surface area is 211 Å². The second-order valence-electron chi connectivity index (χ2n) is 8.20. The highest BCUT2D eigenvalue weighted by molar-refractivity contribution is 8.00. The van der Waals surface area contributed by atoms with Crippen molar-refractivity contribution in [2.75, 3.05) is 17.3 Å². The van der Waals surface area contributed by atoms with Gasteiger partial charge in [0.15, 0.2) is 0 Å². The van der Waals surface area contributed by atoms with Crippen LogP contribution in [-0.4, -0.2) is 41.2 Å². The number of thioether (sulfide) groups is 1. The van der Waals surface area contributed by atoms with Crippen molar-refractivity contribution < 1.29 is 29.0 Å². The molecule has 1 aliphatic carbocycles. The zero-order valence-corrected chi connectivity index (χ0v) is 20.3. The number of imide groups is 1. The van der Waals surface area contributed by atoms with Gasteiger partial charge in [0.05, 0.1) is 34.9 Å². The minimum Gasteiger partial charge on any atom is -0.495 e. The van der Waals surface area contributed by atoms with Gasteiger partial charge in [-0.2, -0.15) is 0 Å². The summed E-state index contributed by atoms with van der Waals surface area (Å²) in [7, 11) is 1.48. The third-order valence-electron chi connectivity index (χ3n) is 5.99. The minimum absolute atomic E-state index is 0.0530. The molecule has 1 saturated heterocycles. The van der Waals surface area contributed by atoms with Crippen LogP contribution < -0.4 is 15.0 Å². The molecule has 2 aromatic carbocycles. The minimum atomic E-state index is -0.983. The van der Waals surface area contributed by atoms with Crippen molar-refractivity contribution in [1.29, 1.82) is 0 Å². The molecule has 1 aliphatic heterocycles. The maximum absolute atomic E-state index is 13.0. The third kappa shape index (κ3) is 5.36. The lowest BCUT2D eigenvalue weighted by molar-refractivity contribution is -0.146. The number of methoxy groups -OCH3 is 1. The number of anilines is 2. The van der Waals surface area contributed by atoms with Gasteiger partial charge < -0.3 is 15.2 Å². The number of nitrogens with one attached hydrogen (secondary N) is 1. The second kappa shape index (κ2) is 10.5. The number of aliphatic carboxylic acids is 1. The average Bonchev–Trinajstić information content (AvgIpc) is 3.12. The molecule has 35 heavy (non-hydrogen) atoms. The Morgan fingerprint density at radius 3 is 2.40 bits per heavy atom. The van der Waals surface area contributed by atoms with E-state index in [4.69, 9.17) is 16.3 Å². The highest BCUT2D eigenvalue weighted by Crippen LogP contribution is 2.37. The normalized spacial score (nSPS) is 21.8.